The summed E-state index contributed by atoms with van der Waals surface area (Å²) in [5.74, 6) is -2.22. The van der Waals surface area contributed by atoms with Gasteiger partial charge in [0.05, 0.1) is 4.90 Å². The number of halogens is 1. The summed E-state index contributed by atoms with van der Waals surface area (Å²) in [5.41, 5.74) is -0.232. The van der Waals surface area contributed by atoms with Gasteiger partial charge in [-0.1, -0.05) is 0 Å². The number of benzene rings is 1. The first kappa shape index (κ1) is 11.7. The molecular weight excluding hydrogens is 272 g/mol. The molecule has 17 heavy (non-hydrogen) atoms. The predicted octanol–water partition coefficient (Wildman–Crippen LogP) is 1.76. The maximum absolute atomic E-state index is 11.2. The molecule has 6 nitrogen and oxygen atoms in total. The van der Waals surface area contributed by atoms with E-state index in [4.69, 9.17) is 20.2 Å². The Kier molecular flexibility index (Phi) is 2.52. The minimum Gasteiger partial charge on any atom is -0.504 e. The third-order valence-electron chi connectivity index (χ3n) is 2.10. The Hall–Kier alpha value is -1.73. The molecule has 0 saturated carbocycles. The number of hydrogen-bond acceptors (Lipinski definition) is 5. The van der Waals surface area contributed by atoms with Gasteiger partial charge in [0, 0.05) is 22.1 Å². The fraction of sp³-hybridized carbons (Fsp3) is 0. The molecule has 0 amide bonds. The van der Waals surface area contributed by atoms with Gasteiger partial charge >= 0.3 is 5.97 Å². The van der Waals surface area contributed by atoms with Crippen LogP contribution in [-0.2, 0) is 9.05 Å². The molecule has 8 heteroatoms. The van der Waals surface area contributed by atoms with Crippen LogP contribution in [0.25, 0.3) is 11.0 Å². The minimum absolute atomic E-state index is 0.0719. The zero-order chi connectivity index (χ0) is 12.8. The van der Waals surface area contributed by atoms with Crippen molar-refractivity contribution in [3.63, 3.8) is 0 Å². The predicted molar refractivity (Wildman–Crippen MR) is 57.9 cm³/mol. The summed E-state index contributed by atoms with van der Waals surface area (Å²) < 4.78 is 27.3. The van der Waals surface area contributed by atoms with Gasteiger partial charge in [-0.25, -0.2) is 13.2 Å². The Labute approximate surface area is 99.5 Å². The first-order valence-corrected chi connectivity index (χ1v) is 6.55. The van der Waals surface area contributed by atoms with E-state index < -0.39 is 20.8 Å². The van der Waals surface area contributed by atoms with Gasteiger partial charge in [-0.2, -0.15) is 0 Å². The van der Waals surface area contributed by atoms with Crippen molar-refractivity contribution in [2.45, 2.75) is 4.90 Å². The second kappa shape index (κ2) is 3.64. The number of hydrogen-bond donors (Lipinski definition) is 2. The molecule has 2 rings (SSSR count). The molecule has 0 spiro atoms. The van der Waals surface area contributed by atoms with E-state index in [1.165, 1.54) is 0 Å². The molecule has 0 radical (unpaired) electrons. The van der Waals surface area contributed by atoms with Crippen LogP contribution in [0, 0.1) is 0 Å². The van der Waals surface area contributed by atoms with Crippen LogP contribution in [0.4, 0.5) is 0 Å². The first-order chi connectivity index (χ1) is 7.80. The molecular formula is C9H5ClO6S. The van der Waals surface area contributed by atoms with Gasteiger partial charge in [-0.15, -0.1) is 0 Å². The average molecular weight is 277 g/mol. The Morgan fingerprint density at radius 1 is 1.35 bits per heavy atom. The van der Waals surface area contributed by atoms with Crippen LogP contribution in [0.3, 0.4) is 0 Å². The van der Waals surface area contributed by atoms with Gasteiger partial charge in [0.2, 0.25) is 5.76 Å². The number of rotatable bonds is 2. The van der Waals surface area contributed by atoms with Crippen molar-refractivity contribution >= 4 is 36.7 Å². The highest BCUT2D eigenvalue weighted by Crippen LogP contribution is 2.34. The van der Waals surface area contributed by atoms with Crippen LogP contribution in [-0.4, -0.2) is 24.6 Å². The number of phenolic OH excluding ortho intramolecular Hbond substituents is 1. The Morgan fingerprint density at radius 2 is 2.00 bits per heavy atom. The van der Waals surface area contributed by atoms with Crippen molar-refractivity contribution in [2.24, 2.45) is 0 Å². The highest BCUT2D eigenvalue weighted by molar-refractivity contribution is 8.14. The van der Waals surface area contributed by atoms with Crippen LogP contribution >= 0.6 is 10.7 Å². The smallest absolute Gasteiger partial charge is 0.371 e. The normalized spacial score (nSPS) is 11.8. The Balaban J connectivity index is 2.90. The van der Waals surface area contributed by atoms with E-state index in [1.54, 1.807) is 0 Å². The van der Waals surface area contributed by atoms with Crippen LogP contribution in [0.2, 0.25) is 0 Å². The number of carboxylic acids is 1. The molecule has 1 aromatic carbocycles. The van der Waals surface area contributed by atoms with Crippen LogP contribution in [0.1, 0.15) is 10.6 Å². The lowest BCUT2D eigenvalue weighted by Crippen LogP contribution is -1.92. The SMILES string of the molecule is O=C(O)c1cc2c(S(=O)(=O)Cl)ccc(O)c2o1. The molecule has 0 aliphatic rings. The lowest BCUT2D eigenvalue weighted by molar-refractivity contribution is 0.0665. The molecule has 0 saturated heterocycles. The first-order valence-electron chi connectivity index (χ1n) is 4.24. The van der Waals surface area contributed by atoms with Gasteiger partial charge in [0.1, 0.15) is 0 Å². The molecule has 0 bridgehead atoms. The monoisotopic (exact) mass is 276 g/mol. The Morgan fingerprint density at radius 3 is 2.53 bits per heavy atom. The molecule has 1 heterocycles. The van der Waals surface area contributed by atoms with Gasteiger partial charge in [0.15, 0.2) is 11.3 Å². The largest absolute Gasteiger partial charge is 0.504 e. The number of aromatic carboxylic acids is 1. The maximum Gasteiger partial charge on any atom is 0.371 e. The molecule has 0 unspecified atom stereocenters. The van der Waals surface area contributed by atoms with Crippen molar-refractivity contribution in [3.05, 3.63) is 24.0 Å². The van der Waals surface area contributed by atoms with Crippen molar-refractivity contribution in [1.29, 1.82) is 0 Å². The van der Waals surface area contributed by atoms with Crippen molar-refractivity contribution in [1.82, 2.24) is 0 Å². The molecule has 90 valence electrons. The van der Waals surface area contributed by atoms with E-state index in [1.807, 2.05) is 0 Å². The zero-order valence-corrected chi connectivity index (χ0v) is 9.62. The van der Waals surface area contributed by atoms with Crippen molar-refractivity contribution in [2.75, 3.05) is 0 Å². The van der Waals surface area contributed by atoms with E-state index >= 15 is 0 Å². The average Bonchev–Trinajstić information content (AvgIpc) is 2.61. The molecule has 0 aliphatic carbocycles. The van der Waals surface area contributed by atoms with Crippen molar-refractivity contribution < 1.29 is 27.8 Å². The van der Waals surface area contributed by atoms with Gasteiger partial charge in [-0.3, -0.25) is 0 Å². The highest BCUT2D eigenvalue weighted by atomic mass is 35.7. The number of carbonyl (C=O) groups is 1. The maximum atomic E-state index is 11.2. The van der Waals surface area contributed by atoms with E-state index in [0.29, 0.717) is 0 Å². The second-order valence-electron chi connectivity index (χ2n) is 3.18. The second-order valence-corrected chi connectivity index (χ2v) is 5.71. The van der Waals surface area contributed by atoms with Gasteiger partial charge in [0.25, 0.3) is 9.05 Å². The van der Waals surface area contributed by atoms with Crippen LogP contribution in [0.15, 0.2) is 27.5 Å². The molecule has 1 aromatic heterocycles. The van der Waals surface area contributed by atoms with E-state index in [0.717, 1.165) is 18.2 Å². The summed E-state index contributed by atoms with van der Waals surface area (Å²) in [6.45, 7) is 0. The summed E-state index contributed by atoms with van der Waals surface area (Å²) in [6, 6.07) is 3.13. The van der Waals surface area contributed by atoms with Crippen molar-refractivity contribution in [3.8, 4) is 5.75 Å². The lowest BCUT2D eigenvalue weighted by atomic mass is 10.2. The lowest BCUT2D eigenvalue weighted by Gasteiger charge is -1.98. The topological polar surface area (TPSA) is 105 Å². The molecule has 0 atom stereocenters. The standard InChI is InChI=1S/C9H5ClO6S/c10-17(14,15)7-2-1-5(11)8-4(7)3-6(16-8)9(12)13/h1-3,11H,(H,12,13). The number of fused-ring (bicyclic) bond motifs is 1. The van der Waals surface area contributed by atoms with Crippen LogP contribution in [0.5, 0.6) is 5.75 Å². The van der Waals surface area contributed by atoms with Gasteiger partial charge in [-0.05, 0) is 12.1 Å². The summed E-state index contributed by atoms with van der Waals surface area (Å²) >= 11 is 0. The zero-order valence-electron chi connectivity index (χ0n) is 8.05. The summed E-state index contributed by atoms with van der Waals surface area (Å²) in [4.78, 5) is 10.4. The number of aromatic hydroxyl groups is 1. The Bertz CT molecular complexity index is 714. The fourth-order valence-corrected chi connectivity index (χ4v) is 2.45. The third kappa shape index (κ3) is 1.94. The molecule has 2 N–H and O–H groups in total. The quantitative estimate of drug-likeness (QED) is 0.810. The number of phenols is 1. The minimum atomic E-state index is -4.05. The highest BCUT2D eigenvalue weighted by Gasteiger charge is 2.21. The summed E-state index contributed by atoms with van der Waals surface area (Å²) in [7, 11) is 1.13. The summed E-state index contributed by atoms with van der Waals surface area (Å²) in [5, 5.41) is 18.1. The van der Waals surface area contributed by atoms with E-state index in [9.17, 15) is 18.3 Å². The van der Waals surface area contributed by atoms with E-state index in [2.05, 4.69) is 0 Å². The number of furan rings is 1. The fourth-order valence-electron chi connectivity index (χ4n) is 1.40. The molecule has 0 aliphatic heterocycles. The molecule has 2 aromatic rings. The summed E-state index contributed by atoms with van der Waals surface area (Å²) in [6.07, 6.45) is 0. The van der Waals surface area contributed by atoms with Crippen LogP contribution < -0.4 is 0 Å². The number of carboxylic acid groups (broad SMARTS) is 1. The van der Waals surface area contributed by atoms with Gasteiger partial charge < -0.3 is 14.6 Å². The van der Waals surface area contributed by atoms with E-state index in [-0.39, 0.29) is 21.6 Å². The molecule has 0 fully saturated rings. The third-order valence-corrected chi connectivity index (χ3v) is 3.48.